The van der Waals surface area contributed by atoms with Crippen molar-refractivity contribution in [3.8, 4) is 11.5 Å². The van der Waals surface area contributed by atoms with Crippen LogP contribution in [0.15, 0.2) is 42.5 Å². The number of unbranched alkanes of at least 4 members (excludes halogenated alkanes) is 18. The zero-order valence-corrected chi connectivity index (χ0v) is 27.0. The van der Waals surface area contributed by atoms with Crippen LogP contribution >= 0.6 is 11.6 Å². The van der Waals surface area contributed by atoms with E-state index in [-0.39, 0.29) is 0 Å². The third-order valence-corrected chi connectivity index (χ3v) is 8.71. The van der Waals surface area contributed by atoms with Crippen LogP contribution in [0, 0.1) is 0 Å². The van der Waals surface area contributed by atoms with Gasteiger partial charge < -0.3 is 9.47 Å². The average molecular weight is 581 g/mol. The van der Waals surface area contributed by atoms with Gasteiger partial charge >= 0.3 is 0 Å². The van der Waals surface area contributed by atoms with Crippen molar-refractivity contribution in [2.75, 3.05) is 13.2 Å². The van der Waals surface area contributed by atoms with Crippen LogP contribution in [0.1, 0.15) is 142 Å². The summed E-state index contributed by atoms with van der Waals surface area (Å²) in [7, 11) is 0. The number of hydrogen-bond acceptors (Lipinski definition) is 2. The second-order valence-corrected chi connectivity index (χ2v) is 12.3. The molecule has 0 aliphatic heterocycles. The highest BCUT2D eigenvalue weighted by molar-refractivity contribution is 6.37. The number of hydrogen-bond donors (Lipinski definition) is 0. The van der Waals surface area contributed by atoms with Gasteiger partial charge in [-0.25, -0.2) is 0 Å². The van der Waals surface area contributed by atoms with E-state index in [4.69, 9.17) is 21.1 Å². The van der Waals surface area contributed by atoms with Crippen LogP contribution in [-0.4, -0.2) is 13.2 Å². The number of halogens is 1. The number of rotatable bonds is 24. The van der Waals surface area contributed by atoms with E-state index in [1.165, 1.54) is 116 Å². The number of ether oxygens (including phenoxy) is 2. The molecule has 0 saturated carbocycles. The van der Waals surface area contributed by atoms with Crippen molar-refractivity contribution in [1.82, 2.24) is 0 Å². The van der Waals surface area contributed by atoms with E-state index in [1.807, 2.05) is 12.1 Å². The lowest BCUT2D eigenvalue weighted by atomic mass is 10.0. The van der Waals surface area contributed by atoms with Crippen LogP contribution in [0.4, 0.5) is 0 Å². The van der Waals surface area contributed by atoms with E-state index < -0.39 is 0 Å². The standard InChI is InChI=1S/C38H57ClO2/c1-3-5-7-9-11-13-15-17-19-23-30-40-37-32-26-21-22-27-33(32)38(36-34(37)28-25-29-35(36)39)41-31-24-20-18-16-14-12-10-8-6-4-2/h21-22,25-29H,3-20,23-24,30-31H2,1-2H3. The monoisotopic (exact) mass is 580 g/mol. The number of benzene rings is 3. The van der Waals surface area contributed by atoms with Gasteiger partial charge in [-0.15, -0.1) is 0 Å². The first-order valence-electron chi connectivity index (χ1n) is 17.2. The summed E-state index contributed by atoms with van der Waals surface area (Å²) in [5, 5.41) is 4.99. The van der Waals surface area contributed by atoms with E-state index in [0.29, 0.717) is 0 Å². The molecule has 0 bridgehead atoms. The molecular weight excluding hydrogens is 524 g/mol. The van der Waals surface area contributed by atoms with Crippen molar-refractivity contribution in [2.45, 2.75) is 142 Å². The first-order valence-corrected chi connectivity index (χ1v) is 17.5. The zero-order chi connectivity index (χ0) is 29.0. The third kappa shape index (κ3) is 11.7. The highest BCUT2D eigenvalue weighted by atomic mass is 35.5. The summed E-state index contributed by atoms with van der Waals surface area (Å²) < 4.78 is 13.0. The van der Waals surface area contributed by atoms with Gasteiger partial charge in [0.15, 0.2) is 0 Å². The second kappa shape index (κ2) is 20.9. The summed E-state index contributed by atoms with van der Waals surface area (Å²) in [6, 6.07) is 14.6. The van der Waals surface area contributed by atoms with Crippen LogP contribution < -0.4 is 9.47 Å². The Morgan fingerprint density at radius 3 is 1.32 bits per heavy atom. The molecule has 2 nitrogen and oxygen atoms in total. The van der Waals surface area contributed by atoms with Crippen LogP contribution in [0.3, 0.4) is 0 Å². The first kappa shape index (κ1) is 33.6. The lowest BCUT2D eigenvalue weighted by Gasteiger charge is -2.18. The molecule has 3 aromatic carbocycles. The summed E-state index contributed by atoms with van der Waals surface area (Å²) in [5.74, 6) is 1.85. The third-order valence-electron chi connectivity index (χ3n) is 8.39. The molecule has 0 atom stereocenters. The molecular formula is C38H57ClO2. The summed E-state index contributed by atoms with van der Waals surface area (Å²) in [6.07, 6.45) is 26.5. The molecule has 0 heterocycles. The Labute approximate surface area is 256 Å². The van der Waals surface area contributed by atoms with E-state index >= 15 is 0 Å². The topological polar surface area (TPSA) is 18.5 Å². The molecule has 228 valence electrons. The van der Waals surface area contributed by atoms with Gasteiger partial charge in [0, 0.05) is 21.5 Å². The van der Waals surface area contributed by atoms with Gasteiger partial charge in [0.25, 0.3) is 0 Å². The molecule has 3 heteroatoms. The Hall–Kier alpha value is -1.93. The maximum absolute atomic E-state index is 6.81. The Morgan fingerprint density at radius 2 is 0.829 bits per heavy atom. The van der Waals surface area contributed by atoms with E-state index in [0.717, 1.165) is 64.1 Å². The maximum Gasteiger partial charge on any atom is 0.136 e. The SMILES string of the molecule is CCCCCCCCCCCCOc1c2ccccc2c(OCCCCCCCCCCCC)c2c(Cl)cccc12. The molecule has 0 unspecified atom stereocenters. The average Bonchev–Trinajstić information content (AvgIpc) is 2.99. The molecule has 0 radical (unpaired) electrons. The molecule has 0 spiro atoms. The predicted molar refractivity (Wildman–Crippen MR) is 181 cm³/mol. The Kier molecular flexibility index (Phi) is 17.1. The molecule has 0 aliphatic carbocycles. The van der Waals surface area contributed by atoms with Crippen molar-refractivity contribution in [2.24, 2.45) is 0 Å². The van der Waals surface area contributed by atoms with Crippen LogP contribution in [0.5, 0.6) is 11.5 Å². The molecule has 41 heavy (non-hydrogen) atoms. The molecule has 3 rings (SSSR count). The number of fused-ring (bicyclic) bond motifs is 2. The van der Waals surface area contributed by atoms with Gasteiger partial charge in [-0.1, -0.05) is 177 Å². The second-order valence-electron chi connectivity index (χ2n) is 11.9. The van der Waals surface area contributed by atoms with Gasteiger partial charge in [-0.3, -0.25) is 0 Å². The van der Waals surface area contributed by atoms with E-state index in [9.17, 15) is 0 Å². The van der Waals surface area contributed by atoms with Gasteiger partial charge in [0.2, 0.25) is 0 Å². The van der Waals surface area contributed by atoms with Crippen molar-refractivity contribution < 1.29 is 9.47 Å². The molecule has 0 N–H and O–H groups in total. The highest BCUT2D eigenvalue weighted by Gasteiger charge is 2.18. The molecule has 0 aromatic heterocycles. The molecule has 0 fully saturated rings. The van der Waals surface area contributed by atoms with Crippen molar-refractivity contribution in [1.29, 1.82) is 0 Å². The quantitative estimate of drug-likeness (QED) is 0.0774. The minimum atomic E-state index is 0.722. The highest BCUT2D eigenvalue weighted by Crippen LogP contribution is 2.45. The van der Waals surface area contributed by atoms with Crippen molar-refractivity contribution in [3.05, 3.63) is 47.5 Å². The fraction of sp³-hybridized carbons (Fsp3) is 0.632. The largest absolute Gasteiger partial charge is 0.492 e. The maximum atomic E-state index is 6.81. The molecule has 0 saturated heterocycles. The van der Waals surface area contributed by atoms with Gasteiger partial charge in [0.05, 0.1) is 18.2 Å². The van der Waals surface area contributed by atoms with E-state index in [2.05, 4.69) is 44.2 Å². The lowest BCUT2D eigenvalue weighted by Crippen LogP contribution is -2.02. The van der Waals surface area contributed by atoms with Crippen LogP contribution in [0.25, 0.3) is 21.5 Å². The lowest BCUT2D eigenvalue weighted by molar-refractivity contribution is 0.306. The smallest absolute Gasteiger partial charge is 0.136 e. The summed E-state index contributed by atoms with van der Waals surface area (Å²) in [5.41, 5.74) is 0. The predicted octanol–water partition coefficient (Wildman–Crippen LogP) is 13.2. The normalized spacial score (nSPS) is 11.5. The summed E-state index contributed by atoms with van der Waals surface area (Å²) in [4.78, 5) is 0. The van der Waals surface area contributed by atoms with Crippen molar-refractivity contribution >= 4 is 33.1 Å². The van der Waals surface area contributed by atoms with Gasteiger partial charge in [-0.05, 0) is 18.9 Å². The zero-order valence-electron chi connectivity index (χ0n) is 26.3. The summed E-state index contributed by atoms with van der Waals surface area (Å²) >= 11 is 6.81. The molecule has 3 aromatic rings. The van der Waals surface area contributed by atoms with Gasteiger partial charge in [-0.2, -0.15) is 0 Å². The minimum Gasteiger partial charge on any atom is -0.492 e. The molecule has 0 amide bonds. The summed E-state index contributed by atoms with van der Waals surface area (Å²) in [6.45, 7) is 6.02. The first-order chi connectivity index (χ1) is 20.3. The minimum absolute atomic E-state index is 0.722. The van der Waals surface area contributed by atoms with Crippen molar-refractivity contribution in [3.63, 3.8) is 0 Å². The Morgan fingerprint density at radius 1 is 0.439 bits per heavy atom. The fourth-order valence-electron chi connectivity index (χ4n) is 5.94. The van der Waals surface area contributed by atoms with Crippen LogP contribution in [-0.2, 0) is 0 Å². The van der Waals surface area contributed by atoms with Crippen LogP contribution in [0.2, 0.25) is 5.02 Å². The Balaban J connectivity index is 1.52. The van der Waals surface area contributed by atoms with E-state index in [1.54, 1.807) is 0 Å². The van der Waals surface area contributed by atoms with Gasteiger partial charge in [0.1, 0.15) is 11.5 Å². The fourth-order valence-corrected chi connectivity index (χ4v) is 6.20. The Bertz CT molecular complexity index is 1110. The molecule has 0 aliphatic rings.